The molecular weight excluding hydrogens is 478 g/mol. The van der Waals surface area contributed by atoms with E-state index in [0.717, 1.165) is 4.47 Å². The summed E-state index contributed by atoms with van der Waals surface area (Å²) in [6, 6.07) is 13.1. The first-order valence-corrected chi connectivity index (χ1v) is 11.0. The fourth-order valence-electron chi connectivity index (χ4n) is 3.74. The summed E-state index contributed by atoms with van der Waals surface area (Å²) < 4.78 is 6.03. The van der Waals surface area contributed by atoms with Gasteiger partial charge in [-0.2, -0.15) is 0 Å². The van der Waals surface area contributed by atoms with E-state index in [9.17, 15) is 19.5 Å². The normalized spacial score (nSPS) is 17.6. The molecular formula is C24H24BrNO6. The topological polar surface area (TPSA) is 104 Å². The third-order valence-electron chi connectivity index (χ3n) is 5.38. The van der Waals surface area contributed by atoms with Crippen LogP contribution in [-0.2, 0) is 14.4 Å². The van der Waals surface area contributed by atoms with E-state index in [1.807, 2.05) is 0 Å². The number of nitrogens with zero attached hydrogens (tertiary/aromatic N) is 1. The second kappa shape index (κ2) is 10.5. The number of likely N-dealkylation sites (tertiary alicyclic amines) is 1. The Kier molecular flexibility index (Phi) is 7.69. The van der Waals surface area contributed by atoms with E-state index in [4.69, 9.17) is 9.84 Å². The van der Waals surface area contributed by atoms with Gasteiger partial charge in [0.15, 0.2) is 0 Å². The van der Waals surface area contributed by atoms with E-state index in [-0.39, 0.29) is 24.3 Å². The summed E-state index contributed by atoms with van der Waals surface area (Å²) >= 11 is 3.35. The van der Waals surface area contributed by atoms with Crippen molar-refractivity contribution in [2.75, 3.05) is 13.7 Å². The molecule has 1 amide bonds. The van der Waals surface area contributed by atoms with E-state index >= 15 is 0 Å². The highest BCUT2D eigenvalue weighted by Crippen LogP contribution is 2.40. The SMILES string of the molecule is COc1ccc([C@@H]2/C(=C(\O)c3ccc(Br)cc3)C(=O)C(=O)N2CCCCCC(=O)O)cc1. The standard InChI is InChI=1S/C24H24BrNO6/c1-32-18-12-8-15(9-13-18)21-20(22(29)16-6-10-17(25)11-7-16)23(30)24(31)26(21)14-4-2-3-5-19(27)28/h6-13,21,29H,2-5,14H2,1H3,(H,27,28)/b22-20+/t21-/m1/s1. The fraction of sp³-hybridized carbons (Fsp3) is 0.292. The summed E-state index contributed by atoms with van der Waals surface area (Å²) in [7, 11) is 1.55. The molecule has 7 nitrogen and oxygen atoms in total. The van der Waals surface area contributed by atoms with Crippen molar-refractivity contribution in [2.45, 2.75) is 31.7 Å². The van der Waals surface area contributed by atoms with Gasteiger partial charge < -0.3 is 19.8 Å². The van der Waals surface area contributed by atoms with Gasteiger partial charge in [0.2, 0.25) is 0 Å². The third kappa shape index (κ3) is 5.19. The van der Waals surface area contributed by atoms with Gasteiger partial charge in [0.1, 0.15) is 11.5 Å². The molecule has 2 aromatic rings. The van der Waals surface area contributed by atoms with Crippen LogP contribution < -0.4 is 4.74 Å². The predicted octanol–water partition coefficient (Wildman–Crippen LogP) is 4.52. The number of hydrogen-bond donors (Lipinski definition) is 2. The molecule has 0 unspecified atom stereocenters. The maximum atomic E-state index is 13.0. The number of halogens is 1. The maximum Gasteiger partial charge on any atom is 0.303 e. The van der Waals surface area contributed by atoms with Gasteiger partial charge in [-0.05, 0) is 42.7 Å². The van der Waals surface area contributed by atoms with E-state index in [1.165, 1.54) is 4.90 Å². The fourth-order valence-corrected chi connectivity index (χ4v) is 4.01. The van der Waals surface area contributed by atoms with Gasteiger partial charge in [-0.25, -0.2) is 0 Å². The number of carboxylic acids is 1. The van der Waals surface area contributed by atoms with E-state index in [2.05, 4.69) is 15.9 Å². The van der Waals surface area contributed by atoms with Crippen molar-refractivity contribution in [3.63, 3.8) is 0 Å². The zero-order valence-electron chi connectivity index (χ0n) is 17.6. The van der Waals surface area contributed by atoms with Crippen LogP contribution in [0, 0.1) is 0 Å². The van der Waals surface area contributed by atoms with Crippen molar-refractivity contribution < 1.29 is 29.3 Å². The molecule has 2 aromatic carbocycles. The zero-order valence-corrected chi connectivity index (χ0v) is 19.2. The number of carboxylic acid groups (broad SMARTS) is 1. The Morgan fingerprint density at radius 2 is 1.66 bits per heavy atom. The number of rotatable bonds is 9. The summed E-state index contributed by atoms with van der Waals surface area (Å²) in [6.45, 7) is 0.276. The number of hydrogen-bond acceptors (Lipinski definition) is 5. The van der Waals surface area contributed by atoms with E-state index in [1.54, 1.807) is 55.6 Å². The minimum Gasteiger partial charge on any atom is -0.507 e. The highest BCUT2D eigenvalue weighted by Gasteiger charge is 2.45. The van der Waals surface area contributed by atoms with Crippen LogP contribution in [0.15, 0.2) is 58.6 Å². The quantitative estimate of drug-likeness (QED) is 0.226. The lowest BCUT2D eigenvalue weighted by Crippen LogP contribution is -2.30. The average molecular weight is 502 g/mol. The number of amides is 1. The van der Waals surface area contributed by atoms with E-state index < -0.39 is 23.7 Å². The Bertz CT molecular complexity index is 1030. The Hall–Kier alpha value is -3.13. The van der Waals surface area contributed by atoms with Crippen LogP contribution in [0.1, 0.15) is 42.9 Å². The van der Waals surface area contributed by atoms with Gasteiger partial charge in [-0.3, -0.25) is 14.4 Å². The molecule has 0 bridgehead atoms. The van der Waals surface area contributed by atoms with Crippen molar-refractivity contribution in [3.05, 3.63) is 69.7 Å². The summed E-state index contributed by atoms with van der Waals surface area (Å²) in [5, 5.41) is 19.8. The van der Waals surface area contributed by atoms with Crippen molar-refractivity contribution >= 4 is 39.3 Å². The van der Waals surface area contributed by atoms with Gasteiger partial charge in [0.05, 0.1) is 18.7 Å². The molecule has 2 N–H and O–H groups in total. The van der Waals surface area contributed by atoms with Crippen LogP contribution in [0.5, 0.6) is 5.75 Å². The Morgan fingerprint density at radius 3 is 2.25 bits per heavy atom. The zero-order chi connectivity index (χ0) is 23.3. The Balaban J connectivity index is 1.97. The van der Waals surface area contributed by atoms with Crippen LogP contribution in [-0.4, -0.2) is 46.4 Å². The predicted molar refractivity (Wildman–Crippen MR) is 122 cm³/mol. The number of carbonyl (C=O) groups is 3. The number of aliphatic carboxylic acids is 1. The number of methoxy groups -OCH3 is 1. The monoisotopic (exact) mass is 501 g/mol. The minimum absolute atomic E-state index is 0.0352. The summed E-state index contributed by atoms with van der Waals surface area (Å²) in [5.74, 6) is -1.88. The largest absolute Gasteiger partial charge is 0.507 e. The number of benzene rings is 2. The van der Waals surface area contributed by atoms with Gasteiger partial charge in [-0.15, -0.1) is 0 Å². The minimum atomic E-state index is -0.863. The molecule has 1 atom stereocenters. The summed E-state index contributed by atoms with van der Waals surface area (Å²) in [6.07, 6.45) is 1.71. The van der Waals surface area contributed by atoms with Gasteiger partial charge in [0, 0.05) is 23.0 Å². The van der Waals surface area contributed by atoms with E-state index in [0.29, 0.717) is 36.1 Å². The molecule has 0 aliphatic carbocycles. The molecule has 0 spiro atoms. The van der Waals surface area contributed by atoms with Crippen LogP contribution >= 0.6 is 15.9 Å². The number of ether oxygens (including phenoxy) is 1. The van der Waals surface area contributed by atoms with Crippen molar-refractivity contribution in [1.29, 1.82) is 0 Å². The molecule has 168 valence electrons. The van der Waals surface area contributed by atoms with Crippen LogP contribution in [0.3, 0.4) is 0 Å². The van der Waals surface area contributed by atoms with Crippen LogP contribution in [0.4, 0.5) is 0 Å². The summed E-state index contributed by atoms with van der Waals surface area (Å²) in [5.41, 5.74) is 1.15. The van der Waals surface area contributed by atoms with Gasteiger partial charge in [-0.1, -0.05) is 46.6 Å². The molecule has 8 heteroatoms. The number of carbonyl (C=O) groups excluding carboxylic acids is 2. The first kappa shape index (κ1) is 23.5. The summed E-state index contributed by atoms with van der Waals surface area (Å²) in [4.78, 5) is 38.0. The lowest BCUT2D eigenvalue weighted by Gasteiger charge is -2.25. The van der Waals surface area contributed by atoms with Crippen LogP contribution in [0.25, 0.3) is 5.76 Å². The van der Waals surface area contributed by atoms with Crippen molar-refractivity contribution in [3.8, 4) is 5.75 Å². The van der Waals surface area contributed by atoms with Gasteiger partial charge >= 0.3 is 5.97 Å². The first-order valence-electron chi connectivity index (χ1n) is 10.2. The molecule has 1 aliphatic heterocycles. The Labute approximate surface area is 194 Å². The molecule has 1 saturated heterocycles. The molecule has 1 fully saturated rings. The lowest BCUT2D eigenvalue weighted by molar-refractivity contribution is -0.140. The first-order chi connectivity index (χ1) is 15.3. The average Bonchev–Trinajstić information content (AvgIpc) is 3.03. The highest BCUT2D eigenvalue weighted by molar-refractivity contribution is 9.10. The number of unbranched alkanes of at least 4 members (excludes halogenated alkanes) is 2. The molecule has 1 aliphatic rings. The van der Waals surface area contributed by atoms with Crippen molar-refractivity contribution in [1.82, 2.24) is 4.90 Å². The molecule has 3 rings (SSSR count). The molecule has 0 radical (unpaired) electrons. The van der Waals surface area contributed by atoms with Gasteiger partial charge in [0.25, 0.3) is 11.7 Å². The van der Waals surface area contributed by atoms with Crippen LogP contribution in [0.2, 0.25) is 0 Å². The molecule has 0 saturated carbocycles. The lowest BCUT2D eigenvalue weighted by atomic mass is 9.95. The molecule has 1 heterocycles. The highest BCUT2D eigenvalue weighted by atomic mass is 79.9. The maximum absolute atomic E-state index is 13.0. The molecule has 0 aromatic heterocycles. The third-order valence-corrected chi connectivity index (χ3v) is 5.91. The van der Waals surface area contributed by atoms with Crippen molar-refractivity contribution in [2.24, 2.45) is 0 Å². The number of aliphatic hydroxyl groups excluding tert-OH is 1. The second-order valence-corrected chi connectivity index (χ2v) is 8.39. The smallest absolute Gasteiger partial charge is 0.303 e. The number of Topliss-reactive ketones (excluding diaryl/α,β-unsaturated/α-hetero) is 1. The number of ketones is 1. The number of aliphatic hydroxyl groups is 1. The second-order valence-electron chi connectivity index (χ2n) is 7.48. The molecule has 32 heavy (non-hydrogen) atoms. The Morgan fingerprint density at radius 1 is 1.00 bits per heavy atom.